The predicted octanol–water partition coefficient (Wildman–Crippen LogP) is 0.455. The number of carbonyl (C=O) groups excluding carboxylic acids is 2. The second kappa shape index (κ2) is 6.37. The summed E-state index contributed by atoms with van der Waals surface area (Å²) in [5.74, 6) is 0.182. The van der Waals surface area contributed by atoms with Crippen LogP contribution < -0.4 is 5.32 Å². The quantitative estimate of drug-likeness (QED) is 0.787. The zero-order valence-corrected chi connectivity index (χ0v) is 12.0. The second-order valence-electron chi connectivity index (χ2n) is 5.51. The normalized spacial score (nSPS) is 27.1. The molecule has 2 aliphatic heterocycles. The zero-order valence-electron chi connectivity index (χ0n) is 12.0. The van der Waals surface area contributed by atoms with Crippen molar-refractivity contribution in [1.82, 2.24) is 15.1 Å². The van der Waals surface area contributed by atoms with E-state index in [1.54, 1.807) is 4.90 Å². The molecule has 0 saturated carbocycles. The highest BCUT2D eigenvalue weighted by Gasteiger charge is 2.37. The number of carbonyl (C=O) groups is 2. The van der Waals surface area contributed by atoms with Crippen molar-refractivity contribution in [3.63, 3.8) is 0 Å². The van der Waals surface area contributed by atoms with E-state index in [0.29, 0.717) is 25.6 Å². The largest absolute Gasteiger partial charge is 0.342 e. The van der Waals surface area contributed by atoms with Gasteiger partial charge in [0.25, 0.3) is 0 Å². The van der Waals surface area contributed by atoms with Crippen LogP contribution in [-0.4, -0.2) is 60.4 Å². The Morgan fingerprint density at radius 3 is 2.79 bits per heavy atom. The third-order valence-corrected chi connectivity index (χ3v) is 4.17. The Hall–Kier alpha value is -1.10. The Morgan fingerprint density at radius 1 is 1.47 bits per heavy atom. The van der Waals surface area contributed by atoms with Gasteiger partial charge in [-0.2, -0.15) is 0 Å². The lowest BCUT2D eigenvalue weighted by atomic mass is 10.0. The molecule has 19 heavy (non-hydrogen) atoms. The minimum atomic E-state index is -0.125. The monoisotopic (exact) mass is 267 g/mol. The lowest BCUT2D eigenvalue weighted by Crippen LogP contribution is -2.45. The standard InChI is InChI=1S/C14H25N3O2/c1-3-7-17(12-5-6-15-9-12)14(19)11-8-13(18)16(4-2)10-11/h11-12,15H,3-10H2,1-2H3. The van der Waals surface area contributed by atoms with Crippen LogP contribution in [-0.2, 0) is 9.59 Å². The van der Waals surface area contributed by atoms with Crippen LogP contribution in [0.4, 0.5) is 0 Å². The van der Waals surface area contributed by atoms with Crippen LogP contribution in [0.25, 0.3) is 0 Å². The summed E-state index contributed by atoms with van der Waals surface area (Å²) in [7, 11) is 0. The van der Waals surface area contributed by atoms with Gasteiger partial charge in [-0.1, -0.05) is 6.92 Å². The molecule has 5 heteroatoms. The third kappa shape index (κ3) is 3.08. The molecular formula is C14H25N3O2. The molecule has 1 N–H and O–H groups in total. The number of nitrogens with zero attached hydrogens (tertiary/aromatic N) is 2. The molecule has 2 fully saturated rings. The fourth-order valence-corrected chi connectivity index (χ4v) is 3.10. The highest BCUT2D eigenvalue weighted by Crippen LogP contribution is 2.22. The summed E-state index contributed by atoms with van der Waals surface area (Å²) in [6, 6.07) is 0.318. The Morgan fingerprint density at radius 2 is 2.26 bits per heavy atom. The van der Waals surface area contributed by atoms with Crippen LogP contribution in [0.5, 0.6) is 0 Å². The van der Waals surface area contributed by atoms with Crippen molar-refractivity contribution in [3.8, 4) is 0 Å². The van der Waals surface area contributed by atoms with Crippen molar-refractivity contribution in [2.75, 3.05) is 32.7 Å². The summed E-state index contributed by atoms with van der Waals surface area (Å²) in [6.45, 7) is 8.07. The summed E-state index contributed by atoms with van der Waals surface area (Å²) < 4.78 is 0. The molecule has 2 unspecified atom stereocenters. The third-order valence-electron chi connectivity index (χ3n) is 4.17. The molecule has 2 amide bonds. The molecule has 2 rings (SSSR count). The molecule has 0 spiro atoms. The number of rotatable bonds is 5. The van der Waals surface area contributed by atoms with E-state index in [4.69, 9.17) is 0 Å². The van der Waals surface area contributed by atoms with Crippen LogP contribution in [0.15, 0.2) is 0 Å². The molecule has 0 bridgehead atoms. The zero-order chi connectivity index (χ0) is 13.8. The van der Waals surface area contributed by atoms with Crippen LogP contribution >= 0.6 is 0 Å². The van der Waals surface area contributed by atoms with E-state index < -0.39 is 0 Å². The van der Waals surface area contributed by atoms with E-state index in [-0.39, 0.29) is 17.7 Å². The average molecular weight is 267 g/mol. The van der Waals surface area contributed by atoms with Crippen LogP contribution in [0.3, 0.4) is 0 Å². The first kappa shape index (κ1) is 14.3. The Bertz CT molecular complexity index is 340. The summed E-state index contributed by atoms with van der Waals surface area (Å²) in [4.78, 5) is 28.2. The van der Waals surface area contributed by atoms with Gasteiger partial charge < -0.3 is 15.1 Å². The van der Waals surface area contributed by atoms with Gasteiger partial charge in [0, 0.05) is 38.6 Å². The molecule has 0 radical (unpaired) electrons. The second-order valence-corrected chi connectivity index (χ2v) is 5.51. The van der Waals surface area contributed by atoms with Gasteiger partial charge in [0.2, 0.25) is 11.8 Å². The van der Waals surface area contributed by atoms with Gasteiger partial charge in [0.1, 0.15) is 0 Å². The summed E-state index contributed by atoms with van der Waals surface area (Å²) in [6.07, 6.45) is 2.40. The highest BCUT2D eigenvalue weighted by molar-refractivity contribution is 5.89. The van der Waals surface area contributed by atoms with E-state index in [1.807, 2.05) is 11.8 Å². The Labute approximate surface area is 115 Å². The van der Waals surface area contributed by atoms with Crippen LogP contribution in [0, 0.1) is 5.92 Å². The first-order valence-electron chi connectivity index (χ1n) is 7.46. The number of amides is 2. The number of hydrogen-bond donors (Lipinski definition) is 1. The minimum Gasteiger partial charge on any atom is -0.342 e. The average Bonchev–Trinajstić information content (AvgIpc) is 3.04. The SMILES string of the molecule is CCCN(C(=O)C1CC(=O)N(CC)C1)C1CCNC1. The summed E-state index contributed by atoms with van der Waals surface area (Å²) in [5.41, 5.74) is 0. The van der Waals surface area contributed by atoms with Gasteiger partial charge in [0.05, 0.1) is 5.92 Å². The lowest BCUT2D eigenvalue weighted by Gasteiger charge is -2.30. The molecule has 0 aliphatic carbocycles. The minimum absolute atomic E-state index is 0.125. The highest BCUT2D eigenvalue weighted by atomic mass is 16.2. The van der Waals surface area contributed by atoms with E-state index in [1.165, 1.54) is 0 Å². The lowest BCUT2D eigenvalue weighted by molar-refractivity contribution is -0.137. The van der Waals surface area contributed by atoms with Gasteiger partial charge in [-0.3, -0.25) is 9.59 Å². The summed E-state index contributed by atoms with van der Waals surface area (Å²) in [5, 5.41) is 3.31. The van der Waals surface area contributed by atoms with Crippen molar-refractivity contribution in [2.24, 2.45) is 5.92 Å². The fourth-order valence-electron chi connectivity index (χ4n) is 3.10. The van der Waals surface area contributed by atoms with Crippen molar-refractivity contribution in [1.29, 1.82) is 0 Å². The van der Waals surface area contributed by atoms with E-state index in [0.717, 1.165) is 32.5 Å². The van der Waals surface area contributed by atoms with E-state index in [9.17, 15) is 9.59 Å². The van der Waals surface area contributed by atoms with Crippen molar-refractivity contribution < 1.29 is 9.59 Å². The fraction of sp³-hybridized carbons (Fsp3) is 0.857. The maximum Gasteiger partial charge on any atom is 0.228 e. The number of likely N-dealkylation sites (tertiary alicyclic amines) is 1. The molecular weight excluding hydrogens is 242 g/mol. The molecule has 2 aliphatic rings. The predicted molar refractivity (Wildman–Crippen MR) is 73.6 cm³/mol. The van der Waals surface area contributed by atoms with Crippen molar-refractivity contribution in [2.45, 2.75) is 39.2 Å². The summed E-state index contributed by atoms with van der Waals surface area (Å²) >= 11 is 0. The van der Waals surface area contributed by atoms with E-state index >= 15 is 0 Å². The number of hydrogen-bond acceptors (Lipinski definition) is 3. The van der Waals surface area contributed by atoms with Crippen molar-refractivity contribution in [3.05, 3.63) is 0 Å². The van der Waals surface area contributed by atoms with Gasteiger partial charge in [-0.15, -0.1) is 0 Å². The molecule has 2 saturated heterocycles. The molecule has 5 nitrogen and oxygen atoms in total. The number of nitrogens with one attached hydrogen (secondary N) is 1. The van der Waals surface area contributed by atoms with Gasteiger partial charge in [-0.05, 0) is 26.3 Å². The maximum atomic E-state index is 12.6. The molecule has 0 aromatic rings. The topological polar surface area (TPSA) is 52.7 Å². The van der Waals surface area contributed by atoms with Crippen LogP contribution in [0.2, 0.25) is 0 Å². The molecule has 2 atom stereocenters. The first-order valence-corrected chi connectivity index (χ1v) is 7.46. The molecule has 0 aromatic heterocycles. The Kier molecular flexibility index (Phi) is 4.80. The maximum absolute atomic E-state index is 12.6. The molecule has 108 valence electrons. The van der Waals surface area contributed by atoms with Crippen LogP contribution in [0.1, 0.15) is 33.1 Å². The smallest absolute Gasteiger partial charge is 0.228 e. The van der Waals surface area contributed by atoms with Gasteiger partial charge in [-0.25, -0.2) is 0 Å². The van der Waals surface area contributed by atoms with Gasteiger partial charge >= 0.3 is 0 Å². The van der Waals surface area contributed by atoms with Crippen molar-refractivity contribution >= 4 is 11.8 Å². The Balaban J connectivity index is 2.01. The molecule has 2 heterocycles. The van der Waals surface area contributed by atoms with Gasteiger partial charge in [0.15, 0.2) is 0 Å². The first-order chi connectivity index (χ1) is 9.17. The molecule has 0 aromatic carbocycles. The van der Waals surface area contributed by atoms with E-state index in [2.05, 4.69) is 12.2 Å².